The van der Waals surface area contributed by atoms with Gasteiger partial charge in [-0.25, -0.2) is 4.98 Å². The summed E-state index contributed by atoms with van der Waals surface area (Å²) in [5.74, 6) is 0.0254. The van der Waals surface area contributed by atoms with Crippen molar-refractivity contribution in [1.29, 1.82) is 0 Å². The van der Waals surface area contributed by atoms with Gasteiger partial charge in [0.15, 0.2) is 5.16 Å². The minimum absolute atomic E-state index is 0.0254. The van der Waals surface area contributed by atoms with Crippen LogP contribution < -0.4 is 10.9 Å². The highest BCUT2D eigenvalue weighted by Crippen LogP contribution is 2.25. The molecule has 1 aliphatic carbocycles. The van der Waals surface area contributed by atoms with Crippen LogP contribution in [0.4, 0.5) is 0 Å². The molecule has 0 saturated heterocycles. The van der Waals surface area contributed by atoms with E-state index in [1.807, 2.05) is 12.3 Å². The number of aromatic nitrogens is 2. The van der Waals surface area contributed by atoms with Gasteiger partial charge in [-0.15, -0.1) is 11.3 Å². The molecule has 1 saturated carbocycles. The van der Waals surface area contributed by atoms with Crippen molar-refractivity contribution in [2.75, 3.05) is 0 Å². The molecule has 2 heterocycles. The largest absolute Gasteiger partial charge is 0.352 e. The third-order valence-electron chi connectivity index (χ3n) is 4.02. The predicted molar refractivity (Wildman–Crippen MR) is 90.6 cm³/mol. The fourth-order valence-corrected chi connectivity index (χ4v) is 4.37. The molecule has 2 aromatic heterocycles. The van der Waals surface area contributed by atoms with Crippen LogP contribution in [0.25, 0.3) is 10.2 Å². The molecule has 1 amide bonds. The SMILES string of the molecule is CC(Sc1nc2sccc2c(=O)n1C)C(=O)NC1CCCC1. The van der Waals surface area contributed by atoms with Crippen molar-refractivity contribution in [3.63, 3.8) is 0 Å². The van der Waals surface area contributed by atoms with E-state index in [0.29, 0.717) is 16.6 Å². The Bertz CT molecular complexity index is 747. The molecule has 5 nitrogen and oxygen atoms in total. The van der Waals surface area contributed by atoms with Gasteiger partial charge in [0.1, 0.15) is 4.83 Å². The van der Waals surface area contributed by atoms with E-state index in [1.54, 1.807) is 13.1 Å². The van der Waals surface area contributed by atoms with Gasteiger partial charge in [0.25, 0.3) is 5.56 Å². The second-order valence-corrected chi connectivity index (χ2v) is 7.85. The van der Waals surface area contributed by atoms with Crippen LogP contribution in [0.3, 0.4) is 0 Å². The van der Waals surface area contributed by atoms with Crippen LogP contribution in [-0.2, 0) is 11.8 Å². The number of hydrogen-bond acceptors (Lipinski definition) is 5. The number of nitrogens with zero attached hydrogens (tertiary/aromatic N) is 2. The Morgan fingerprint density at radius 1 is 1.50 bits per heavy atom. The minimum Gasteiger partial charge on any atom is -0.352 e. The van der Waals surface area contributed by atoms with E-state index < -0.39 is 0 Å². The van der Waals surface area contributed by atoms with Crippen molar-refractivity contribution >= 4 is 39.2 Å². The lowest BCUT2D eigenvalue weighted by atomic mass is 10.2. The summed E-state index contributed by atoms with van der Waals surface area (Å²) in [6.45, 7) is 1.86. The monoisotopic (exact) mass is 337 g/mol. The number of hydrogen-bond donors (Lipinski definition) is 1. The van der Waals surface area contributed by atoms with Crippen molar-refractivity contribution in [2.24, 2.45) is 7.05 Å². The van der Waals surface area contributed by atoms with Crippen molar-refractivity contribution in [2.45, 2.75) is 49.1 Å². The van der Waals surface area contributed by atoms with Gasteiger partial charge < -0.3 is 5.32 Å². The van der Waals surface area contributed by atoms with Crippen molar-refractivity contribution < 1.29 is 4.79 Å². The Morgan fingerprint density at radius 2 is 2.23 bits per heavy atom. The van der Waals surface area contributed by atoms with Gasteiger partial charge in [-0.1, -0.05) is 24.6 Å². The third-order valence-corrected chi connectivity index (χ3v) is 5.97. The normalized spacial score (nSPS) is 17.0. The average molecular weight is 337 g/mol. The zero-order valence-electron chi connectivity index (χ0n) is 12.7. The Hall–Kier alpha value is -1.34. The number of carbonyl (C=O) groups excluding carboxylic acids is 1. The Labute approximate surface area is 137 Å². The molecule has 7 heteroatoms. The number of nitrogens with one attached hydrogen (secondary N) is 1. The van der Waals surface area contributed by atoms with E-state index in [4.69, 9.17) is 0 Å². The third kappa shape index (κ3) is 3.05. The molecule has 0 aliphatic heterocycles. The topological polar surface area (TPSA) is 64.0 Å². The van der Waals surface area contributed by atoms with Crippen LogP contribution in [0.15, 0.2) is 21.4 Å². The van der Waals surface area contributed by atoms with Crippen molar-refractivity contribution in [1.82, 2.24) is 14.9 Å². The smallest absolute Gasteiger partial charge is 0.262 e. The molecule has 0 spiro atoms. The van der Waals surface area contributed by atoms with Gasteiger partial charge in [-0.2, -0.15) is 0 Å². The lowest BCUT2D eigenvalue weighted by Gasteiger charge is -2.16. The number of amides is 1. The summed E-state index contributed by atoms with van der Waals surface area (Å²) in [5, 5.41) is 5.92. The van der Waals surface area contributed by atoms with Crippen molar-refractivity contribution in [3.05, 3.63) is 21.8 Å². The maximum atomic E-state index is 12.3. The summed E-state index contributed by atoms with van der Waals surface area (Å²) in [5.41, 5.74) is -0.0582. The summed E-state index contributed by atoms with van der Waals surface area (Å²) in [6.07, 6.45) is 4.52. The number of thiophene rings is 1. The average Bonchev–Trinajstić information content (AvgIpc) is 3.15. The zero-order chi connectivity index (χ0) is 15.7. The summed E-state index contributed by atoms with van der Waals surface area (Å²) >= 11 is 2.79. The fraction of sp³-hybridized carbons (Fsp3) is 0.533. The summed E-state index contributed by atoms with van der Waals surface area (Å²) in [6, 6.07) is 2.10. The van der Waals surface area contributed by atoms with Gasteiger partial charge in [0.2, 0.25) is 5.91 Å². The highest BCUT2D eigenvalue weighted by molar-refractivity contribution is 8.00. The zero-order valence-corrected chi connectivity index (χ0v) is 14.3. The van der Waals surface area contributed by atoms with E-state index >= 15 is 0 Å². The van der Waals surface area contributed by atoms with Gasteiger partial charge in [0.05, 0.1) is 10.6 Å². The Kier molecular flexibility index (Phi) is 4.54. The van der Waals surface area contributed by atoms with Crippen LogP contribution in [-0.4, -0.2) is 26.8 Å². The summed E-state index contributed by atoms with van der Waals surface area (Å²) < 4.78 is 1.53. The van der Waals surface area contributed by atoms with Crippen LogP contribution >= 0.6 is 23.1 Å². The second-order valence-electron chi connectivity index (χ2n) is 5.65. The molecular weight excluding hydrogens is 318 g/mol. The minimum atomic E-state index is -0.267. The van der Waals surface area contributed by atoms with E-state index in [-0.39, 0.29) is 16.7 Å². The molecular formula is C15H19N3O2S2. The highest BCUT2D eigenvalue weighted by Gasteiger charge is 2.22. The van der Waals surface area contributed by atoms with Crippen molar-refractivity contribution in [3.8, 4) is 0 Å². The summed E-state index contributed by atoms with van der Waals surface area (Å²) in [7, 11) is 1.70. The van der Waals surface area contributed by atoms with Gasteiger partial charge in [-0.05, 0) is 31.2 Å². The maximum absolute atomic E-state index is 12.3. The molecule has 1 fully saturated rings. The second kappa shape index (κ2) is 6.42. The number of carbonyl (C=O) groups is 1. The Balaban J connectivity index is 1.75. The molecule has 22 heavy (non-hydrogen) atoms. The number of rotatable bonds is 4. The molecule has 1 aliphatic rings. The first-order valence-corrected chi connectivity index (χ1v) is 9.23. The molecule has 1 unspecified atom stereocenters. The molecule has 0 aromatic carbocycles. The van der Waals surface area contributed by atoms with Crippen LogP contribution in [0.1, 0.15) is 32.6 Å². The first kappa shape index (κ1) is 15.6. The number of thioether (sulfide) groups is 1. The van der Waals surface area contributed by atoms with Gasteiger partial charge >= 0.3 is 0 Å². The molecule has 1 atom stereocenters. The first-order valence-electron chi connectivity index (χ1n) is 7.47. The van der Waals surface area contributed by atoms with Crippen LogP contribution in [0.5, 0.6) is 0 Å². The Morgan fingerprint density at radius 3 is 2.95 bits per heavy atom. The summed E-state index contributed by atoms with van der Waals surface area (Å²) in [4.78, 5) is 29.8. The van der Waals surface area contributed by atoms with Crippen LogP contribution in [0.2, 0.25) is 0 Å². The number of fused-ring (bicyclic) bond motifs is 1. The molecule has 0 radical (unpaired) electrons. The quantitative estimate of drug-likeness (QED) is 0.688. The van der Waals surface area contributed by atoms with E-state index in [0.717, 1.165) is 17.7 Å². The maximum Gasteiger partial charge on any atom is 0.262 e. The highest BCUT2D eigenvalue weighted by atomic mass is 32.2. The van der Waals surface area contributed by atoms with Gasteiger partial charge in [-0.3, -0.25) is 14.2 Å². The predicted octanol–water partition coefficient (Wildman–Crippen LogP) is 2.53. The molecule has 0 bridgehead atoms. The lowest BCUT2D eigenvalue weighted by molar-refractivity contribution is -0.120. The van der Waals surface area contributed by atoms with E-state index in [9.17, 15) is 9.59 Å². The lowest BCUT2D eigenvalue weighted by Crippen LogP contribution is -2.38. The molecule has 3 rings (SSSR count). The fourth-order valence-electron chi connectivity index (χ4n) is 2.69. The standard InChI is InChI=1S/C15H19N3O2S2/c1-9(12(19)16-10-5-3-4-6-10)22-15-17-13-11(7-8-21-13)14(20)18(15)2/h7-10H,3-6H2,1-2H3,(H,16,19). The molecule has 1 N–H and O–H groups in total. The van der Waals surface area contributed by atoms with Gasteiger partial charge in [0, 0.05) is 13.1 Å². The van der Waals surface area contributed by atoms with E-state index in [2.05, 4.69) is 10.3 Å². The molecule has 2 aromatic rings. The molecule has 118 valence electrons. The van der Waals surface area contributed by atoms with Crippen LogP contribution in [0, 0.1) is 0 Å². The first-order chi connectivity index (χ1) is 10.6. The van der Waals surface area contributed by atoms with E-state index in [1.165, 1.54) is 40.5 Å².